The van der Waals surface area contributed by atoms with E-state index in [1.54, 1.807) is 6.92 Å². The second-order valence-electron chi connectivity index (χ2n) is 2.95. The van der Waals surface area contributed by atoms with Gasteiger partial charge in [0.1, 0.15) is 11.9 Å². The van der Waals surface area contributed by atoms with Crippen LogP contribution in [0.2, 0.25) is 0 Å². The van der Waals surface area contributed by atoms with Crippen molar-refractivity contribution in [3.05, 3.63) is 11.1 Å². The highest BCUT2D eigenvalue weighted by molar-refractivity contribution is 7.63. The van der Waals surface area contributed by atoms with Gasteiger partial charge in [0.05, 0.1) is 6.61 Å². The van der Waals surface area contributed by atoms with Crippen LogP contribution >= 0.6 is 7.37 Å². The second-order valence-corrected chi connectivity index (χ2v) is 5.35. The first-order valence-electron chi connectivity index (χ1n) is 4.46. The van der Waals surface area contributed by atoms with Crippen LogP contribution in [0.1, 0.15) is 6.92 Å². The molecule has 0 radical (unpaired) electrons. The molecular weight excluding hydrogens is 201 g/mol. The summed E-state index contributed by atoms with van der Waals surface area (Å²) in [6.07, 6.45) is 0. The number of nitrogens with one attached hydrogen (secondary N) is 2. The van der Waals surface area contributed by atoms with E-state index in [9.17, 15) is 4.57 Å². The summed E-state index contributed by atoms with van der Waals surface area (Å²) in [4.78, 5) is 0. The zero-order chi connectivity index (χ0) is 10.6. The maximum Gasteiger partial charge on any atom is 0.243 e. The van der Waals surface area contributed by atoms with Gasteiger partial charge in [0.2, 0.25) is 7.37 Å². The third kappa shape index (κ3) is 2.28. The molecule has 0 spiro atoms. The van der Waals surface area contributed by atoms with Gasteiger partial charge in [0, 0.05) is 19.8 Å². The molecule has 5 nitrogen and oxygen atoms in total. The van der Waals surface area contributed by atoms with Crippen molar-refractivity contribution in [2.75, 3.05) is 26.4 Å². The number of rotatable bonds is 3. The third-order valence-electron chi connectivity index (χ3n) is 1.85. The van der Waals surface area contributed by atoms with Crippen LogP contribution in [0.15, 0.2) is 11.1 Å². The van der Waals surface area contributed by atoms with Crippen LogP contribution in [-0.2, 0) is 9.09 Å². The molecule has 0 bridgehead atoms. The van der Waals surface area contributed by atoms with Crippen molar-refractivity contribution in [1.29, 1.82) is 5.26 Å². The summed E-state index contributed by atoms with van der Waals surface area (Å²) >= 11 is 0. The predicted octanol–water partition coefficient (Wildman–Crippen LogP) is 0.816. The largest absolute Gasteiger partial charge is 0.369 e. The normalized spacial score (nSPS) is 19.1. The molecule has 0 aliphatic carbocycles. The summed E-state index contributed by atoms with van der Waals surface area (Å²) < 4.78 is 17.0. The first-order chi connectivity index (χ1) is 6.61. The zero-order valence-corrected chi connectivity index (χ0v) is 9.23. The van der Waals surface area contributed by atoms with Crippen molar-refractivity contribution in [3.63, 3.8) is 0 Å². The average Bonchev–Trinajstić information content (AvgIpc) is 2.57. The predicted molar refractivity (Wildman–Crippen MR) is 53.8 cm³/mol. The highest BCUT2D eigenvalue weighted by atomic mass is 31.2. The summed E-state index contributed by atoms with van der Waals surface area (Å²) in [6.45, 7) is 5.04. The quantitative estimate of drug-likeness (QED) is 0.538. The second kappa shape index (κ2) is 4.50. The Balaban J connectivity index is 2.97. The number of nitrogens with zero attached hydrogens (tertiary/aromatic N) is 1. The first-order valence-corrected chi connectivity index (χ1v) is 6.53. The van der Waals surface area contributed by atoms with E-state index in [2.05, 4.69) is 10.6 Å². The average molecular weight is 215 g/mol. The van der Waals surface area contributed by atoms with Crippen LogP contribution in [0.5, 0.6) is 0 Å². The summed E-state index contributed by atoms with van der Waals surface area (Å²) in [6, 6.07) is 1.94. The molecule has 1 aliphatic rings. The number of hydrogen-bond acceptors (Lipinski definition) is 5. The van der Waals surface area contributed by atoms with E-state index in [0.717, 1.165) is 13.1 Å². The number of hydrogen-bond donors (Lipinski definition) is 2. The van der Waals surface area contributed by atoms with Gasteiger partial charge in [-0.05, 0) is 6.92 Å². The lowest BCUT2D eigenvalue weighted by Gasteiger charge is -2.13. The molecule has 1 saturated heterocycles. The van der Waals surface area contributed by atoms with Gasteiger partial charge < -0.3 is 15.2 Å². The van der Waals surface area contributed by atoms with Gasteiger partial charge in [0.25, 0.3) is 0 Å². The van der Waals surface area contributed by atoms with E-state index < -0.39 is 7.37 Å². The molecule has 6 heteroatoms. The Morgan fingerprint density at radius 2 is 2.21 bits per heavy atom. The zero-order valence-electron chi connectivity index (χ0n) is 8.33. The molecule has 1 fully saturated rings. The third-order valence-corrected chi connectivity index (χ3v) is 3.74. The standard InChI is InChI=1S/C8H14N3O2P/c1-3-13-14(2,12)7(6-9)8-10-4-5-11-8/h10-11H,3-5H2,1-2H3. The molecule has 0 saturated carbocycles. The minimum absolute atomic E-state index is 0.192. The fourth-order valence-electron chi connectivity index (χ4n) is 1.27. The highest BCUT2D eigenvalue weighted by Gasteiger charge is 2.27. The van der Waals surface area contributed by atoms with Gasteiger partial charge >= 0.3 is 0 Å². The Kier molecular flexibility index (Phi) is 3.56. The van der Waals surface area contributed by atoms with E-state index in [1.165, 1.54) is 6.66 Å². The molecule has 1 unspecified atom stereocenters. The van der Waals surface area contributed by atoms with Gasteiger partial charge in [-0.1, -0.05) is 0 Å². The smallest absolute Gasteiger partial charge is 0.243 e. The number of nitriles is 1. The van der Waals surface area contributed by atoms with Crippen molar-refractivity contribution in [2.45, 2.75) is 6.92 Å². The lowest BCUT2D eigenvalue weighted by atomic mass is 10.6. The first kappa shape index (κ1) is 11.1. The van der Waals surface area contributed by atoms with Crippen LogP contribution in [-0.4, -0.2) is 26.4 Å². The Labute approximate surface area is 83.6 Å². The lowest BCUT2D eigenvalue weighted by Crippen LogP contribution is -2.13. The van der Waals surface area contributed by atoms with E-state index in [-0.39, 0.29) is 5.31 Å². The Morgan fingerprint density at radius 1 is 1.64 bits per heavy atom. The monoisotopic (exact) mass is 215 g/mol. The molecule has 2 N–H and O–H groups in total. The lowest BCUT2D eigenvalue weighted by molar-refractivity contribution is 0.342. The van der Waals surface area contributed by atoms with Crippen molar-refractivity contribution >= 4 is 7.37 Å². The van der Waals surface area contributed by atoms with Gasteiger partial charge in [-0.25, -0.2) is 0 Å². The summed E-state index contributed by atoms with van der Waals surface area (Å²) in [5, 5.41) is 15.0. The molecule has 0 aromatic heterocycles. The van der Waals surface area contributed by atoms with Gasteiger partial charge in [-0.3, -0.25) is 4.57 Å². The topological polar surface area (TPSA) is 74.2 Å². The molecule has 0 amide bonds. The minimum Gasteiger partial charge on any atom is -0.369 e. The molecular formula is C8H14N3O2P. The van der Waals surface area contributed by atoms with Gasteiger partial charge in [-0.15, -0.1) is 0 Å². The Morgan fingerprint density at radius 3 is 2.64 bits per heavy atom. The summed E-state index contributed by atoms with van der Waals surface area (Å²) in [7, 11) is -2.96. The molecule has 1 heterocycles. The Bertz CT molecular complexity index is 324. The molecule has 1 rings (SSSR count). The van der Waals surface area contributed by atoms with Crippen LogP contribution in [0.3, 0.4) is 0 Å². The summed E-state index contributed by atoms with van der Waals surface area (Å²) in [5.74, 6) is 0.548. The summed E-state index contributed by atoms with van der Waals surface area (Å²) in [5.41, 5.74) is 0. The van der Waals surface area contributed by atoms with E-state index in [1.807, 2.05) is 6.07 Å². The maximum atomic E-state index is 11.9. The number of allylic oxidation sites excluding steroid dienone is 1. The van der Waals surface area contributed by atoms with Crippen molar-refractivity contribution in [3.8, 4) is 6.07 Å². The van der Waals surface area contributed by atoms with Crippen molar-refractivity contribution < 1.29 is 9.09 Å². The molecule has 1 aliphatic heterocycles. The van der Waals surface area contributed by atoms with Crippen molar-refractivity contribution in [2.24, 2.45) is 0 Å². The van der Waals surface area contributed by atoms with Gasteiger partial charge in [-0.2, -0.15) is 5.26 Å². The minimum atomic E-state index is -2.96. The fourth-order valence-corrected chi connectivity index (χ4v) is 2.63. The molecule has 0 aromatic rings. The van der Waals surface area contributed by atoms with Crippen LogP contribution in [0.4, 0.5) is 0 Å². The Hall–Kier alpha value is -0.980. The SMILES string of the molecule is CCOP(C)(=O)C(C#N)=C1NCCN1. The molecule has 78 valence electrons. The van der Waals surface area contributed by atoms with Gasteiger partial charge in [0.15, 0.2) is 5.31 Å². The van der Waals surface area contributed by atoms with E-state index in [4.69, 9.17) is 9.79 Å². The molecule has 14 heavy (non-hydrogen) atoms. The van der Waals surface area contributed by atoms with Crippen LogP contribution in [0, 0.1) is 11.3 Å². The van der Waals surface area contributed by atoms with E-state index >= 15 is 0 Å². The highest BCUT2D eigenvalue weighted by Crippen LogP contribution is 2.51. The van der Waals surface area contributed by atoms with Crippen molar-refractivity contribution in [1.82, 2.24) is 10.6 Å². The van der Waals surface area contributed by atoms with Crippen LogP contribution in [0.25, 0.3) is 0 Å². The molecule has 0 aromatic carbocycles. The maximum absolute atomic E-state index is 11.9. The molecule has 1 atom stereocenters. The fraction of sp³-hybridized carbons (Fsp3) is 0.625. The van der Waals surface area contributed by atoms with E-state index in [0.29, 0.717) is 12.4 Å². The van der Waals surface area contributed by atoms with Crippen LogP contribution < -0.4 is 10.6 Å².